The molecule has 1 nitrogen and oxygen atoms in total. The Morgan fingerprint density at radius 2 is 1.44 bits per heavy atom. The highest BCUT2D eigenvalue weighted by molar-refractivity contribution is 4.94. The minimum atomic E-state index is -0.0197. The van der Waals surface area contributed by atoms with Gasteiger partial charge in [-0.25, -0.2) is 0 Å². The Labute approximate surface area is 113 Å². The molecule has 0 aromatic carbocycles. The zero-order valence-corrected chi connectivity index (χ0v) is 12.4. The molecule has 1 N–H and O–H groups in total. The second-order valence-corrected chi connectivity index (χ2v) is 6.59. The third-order valence-corrected chi connectivity index (χ3v) is 4.67. The fraction of sp³-hybridized carbons (Fsp3) is 0.882. The van der Waals surface area contributed by atoms with E-state index in [-0.39, 0.29) is 6.10 Å². The monoisotopic (exact) mass is 250 g/mol. The first kappa shape index (κ1) is 15.6. The van der Waals surface area contributed by atoms with Crippen molar-refractivity contribution in [3.05, 3.63) is 0 Å². The minimum Gasteiger partial charge on any atom is -0.393 e. The van der Waals surface area contributed by atoms with Gasteiger partial charge in [-0.15, -0.1) is 12.3 Å². The van der Waals surface area contributed by atoms with Crippen LogP contribution in [0.1, 0.15) is 65.7 Å². The topological polar surface area (TPSA) is 20.2 Å². The zero-order valence-electron chi connectivity index (χ0n) is 12.4. The third kappa shape index (κ3) is 5.44. The molecule has 2 rings (SSSR count). The minimum absolute atomic E-state index is 0.0197. The average Bonchev–Trinajstić information content (AvgIpc) is 2.36. The van der Waals surface area contributed by atoms with Crippen molar-refractivity contribution in [2.75, 3.05) is 0 Å². The summed E-state index contributed by atoms with van der Waals surface area (Å²) in [6, 6.07) is 0. The van der Waals surface area contributed by atoms with Gasteiger partial charge < -0.3 is 5.11 Å². The molecule has 0 aromatic heterocycles. The van der Waals surface area contributed by atoms with E-state index >= 15 is 0 Å². The molecule has 3 atom stereocenters. The smallest absolute Gasteiger partial charge is 0.0568 e. The van der Waals surface area contributed by atoms with E-state index in [1.54, 1.807) is 0 Å². The molecule has 0 amide bonds. The van der Waals surface area contributed by atoms with Crippen molar-refractivity contribution < 1.29 is 5.11 Å². The van der Waals surface area contributed by atoms with E-state index in [1.165, 1.54) is 38.5 Å². The third-order valence-electron chi connectivity index (χ3n) is 4.67. The lowest BCUT2D eigenvalue weighted by molar-refractivity contribution is 0.0577. The van der Waals surface area contributed by atoms with Crippen LogP contribution in [0.2, 0.25) is 0 Å². The predicted molar refractivity (Wildman–Crippen MR) is 78.1 cm³/mol. The fourth-order valence-electron chi connectivity index (χ4n) is 2.93. The van der Waals surface area contributed by atoms with Gasteiger partial charge in [-0.3, -0.25) is 0 Å². The van der Waals surface area contributed by atoms with Gasteiger partial charge in [0.25, 0.3) is 0 Å². The van der Waals surface area contributed by atoms with Gasteiger partial charge in [0, 0.05) is 5.92 Å². The highest BCUT2D eigenvalue weighted by Gasteiger charge is 2.22. The van der Waals surface area contributed by atoms with E-state index in [2.05, 4.69) is 26.7 Å². The number of aliphatic hydroxyl groups excluding tert-OH is 1. The Balaban J connectivity index is 0.000000180. The van der Waals surface area contributed by atoms with Crippen LogP contribution in [0, 0.1) is 36.0 Å². The Morgan fingerprint density at radius 3 is 1.89 bits per heavy atom. The van der Waals surface area contributed by atoms with Crippen LogP contribution in [-0.2, 0) is 0 Å². The van der Waals surface area contributed by atoms with Crippen LogP contribution in [0.3, 0.4) is 0 Å². The molecule has 2 aliphatic carbocycles. The van der Waals surface area contributed by atoms with E-state index in [4.69, 9.17) is 6.42 Å². The van der Waals surface area contributed by atoms with Crippen LogP contribution >= 0.6 is 0 Å². The molecule has 104 valence electrons. The summed E-state index contributed by atoms with van der Waals surface area (Å²) in [5, 5.41) is 9.35. The van der Waals surface area contributed by atoms with Crippen LogP contribution < -0.4 is 0 Å². The first-order valence-electron chi connectivity index (χ1n) is 7.67. The van der Waals surface area contributed by atoms with Gasteiger partial charge in [0.2, 0.25) is 0 Å². The van der Waals surface area contributed by atoms with Gasteiger partial charge in [-0.05, 0) is 56.3 Å². The molecule has 1 heteroatoms. The molecule has 0 aromatic rings. The molecular formula is C17H30O. The summed E-state index contributed by atoms with van der Waals surface area (Å²) in [5.74, 6) is 5.64. The summed E-state index contributed by atoms with van der Waals surface area (Å²) in [6.07, 6.45) is 14.0. The molecule has 0 heterocycles. The lowest BCUT2D eigenvalue weighted by atomic mass is 9.82. The van der Waals surface area contributed by atoms with E-state index < -0.39 is 0 Å². The Morgan fingerprint density at radius 1 is 0.889 bits per heavy atom. The molecule has 2 aliphatic rings. The number of rotatable bonds is 0. The summed E-state index contributed by atoms with van der Waals surface area (Å²) in [4.78, 5) is 0. The Kier molecular flexibility index (Phi) is 6.79. The Hall–Kier alpha value is -0.480. The maximum atomic E-state index is 9.35. The van der Waals surface area contributed by atoms with Crippen molar-refractivity contribution in [1.29, 1.82) is 0 Å². The van der Waals surface area contributed by atoms with Crippen molar-refractivity contribution in [1.82, 2.24) is 0 Å². The highest BCUT2D eigenvalue weighted by Crippen LogP contribution is 2.28. The van der Waals surface area contributed by atoms with Gasteiger partial charge >= 0.3 is 0 Å². The van der Waals surface area contributed by atoms with Crippen LogP contribution in [0.25, 0.3) is 0 Å². The zero-order chi connectivity index (χ0) is 13.5. The molecule has 0 saturated heterocycles. The maximum Gasteiger partial charge on any atom is 0.0568 e. The molecule has 18 heavy (non-hydrogen) atoms. The van der Waals surface area contributed by atoms with Gasteiger partial charge in [-0.1, -0.05) is 27.2 Å². The van der Waals surface area contributed by atoms with Gasteiger partial charge in [0.05, 0.1) is 6.10 Å². The SMILES string of the molecule is C#CC1CCC(C)CC1.CC1CCC(C)C(O)C1. The molecule has 3 unspecified atom stereocenters. The van der Waals surface area contributed by atoms with Crippen molar-refractivity contribution in [3.8, 4) is 12.3 Å². The van der Waals surface area contributed by atoms with Crippen LogP contribution in [-0.4, -0.2) is 11.2 Å². The molecule has 0 aliphatic heterocycles. The predicted octanol–water partition coefficient (Wildman–Crippen LogP) is 4.25. The lowest BCUT2D eigenvalue weighted by Crippen LogP contribution is -2.25. The van der Waals surface area contributed by atoms with Crippen molar-refractivity contribution >= 4 is 0 Å². The van der Waals surface area contributed by atoms with Gasteiger partial charge in [-0.2, -0.15) is 0 Å². The molecule has 2 saturated carbocycles. The number of hydrogen-bond donors (Lipinski definition) is 1. The van der Waals surface area contributed by atoms with Crippen LogP contribution in [0.15, 0.2) is 0 Å². The molecule has 0 radical (unpaired) electrons. The normalized spacial score (nSPS) is 40.3. The van der Waals surface area contributed by atoms with E-state index in [0.29, 0.717) is 11.8 Å². The van der Waals surface area contributed by atoms with Crippen LogP contribution in [0.4, 0.5) is 0 Å². The summed E-state index contributed by atoms with van der Waals surface area (Å²) >= 11 is 0. The standard InChI is InChI=1S/C9H14.C8H16O/c1-3-9-6-4-8(2)5-7-9;1-6-3-4-7(2)8(9)5-6/h1,8-9H,4-7H2,2H3;6-9H,3-5H2,1-2H3. The fourth-order valence-corrected chi connectivity index (χ4v) is 2.93. The lowest BCUT2D eigenvalue weighted by Gasteiger charge is -2.28. The number of aliphatic hydroxyl groups is 1. The summed E-state index contributed by atoms with van der Waals surface area (Å²) in [5.41, 5.74) is 0. The first-order valence-corrected chi connectivity index (χ1v) is 7.67. The molecular weight excluding hydrogens is 220 g/mol. The van der Waals surface area contributed by atoms with E-state index in [9.17, 15) is 5.11 Å². The molecule has 0 spiro atoms. The van der Waals surface area contributed by atoms with Crippen LogP contribution in [0.5, 0.6) is 0 Å². The van der Waals surface area contributed by atoms with Gasteiger partial charge in [0.15, 0.2) is 0 Å². The van der Waals surface area contributed by atoms with E-state index in [0.717, 1.165) is 18.3 Å². The summed E-state index contributed by atoms with van der Waals surface area (Å²) < 4.78 is 0. The summed E-state index contributed by atoms with van der Waals surface area (Å²) in [7, 11) is 0. The van der Waals surface area contributed by atoms with E-state index in [1.807, 2.05) is 0 Å². The number of hydrogen-bond acceptors (Lipinski definition) is 1. The first-order chi connectivity index (χ1) is 8.52. The highest BCUT2D eigenvalue weighted by atomic mass is 16.3. The van der Waals surface area contributed by atoms with Crippen molar-refractivity contribution in [2.45, 2.75) is 71.8 Å². The van der Waals surface area contributed by atoms with Crippen molar-refractivity contribution in [3.63, 3.8) is 0 Å². The Bertz CT molecular complexity index is 257. The summed E-state index contributed by atoms with van der Waals surface area (Å²) in [6.45, 7) is 6.67. The number of terminal acetylenes is 1. The van der Waals surface area contributed by atoms with Gasteiger partial charge in [0.1, 0.15) is 0 Å². The second-order valence-electron chi connectivity index (χ2n) is 6.59. The molecule has 0 bridgehead atoms. The quantitative estimate of drug-likeness (QED) is 0.637. The maximum absolute atomic E-state index is 9.35. The second kappa shape index (κ2) is 7.85. The molecule has 2 fully saturated rings. The average molecular weight is 250 g/mol. The van der Waals surface area contributed by atoms with Crippen molar-refractivity contribution in [2.24, 2.45) is 23.7 Å². The largest absolute Gasteiger partial charge is 0.393 e.